The van der Waals surface area contributed by atoms with E-state index in [9.17, 15) is 4.79 Å². The standard InChI is InChI=1S/C22H22N6O/c1-22(2,3)21-24-12-18(13-25-21)27-20(29)17-9-16-11-26-28(19(16)23-10-17)14-15-7-5-4-6-8-15/h4-13H,14H2,1-3H3,(H,27,29). The fourth-order valence-corrected chi connectivity index (χ4v) is 2.95. The lowest BCUT2D eigenvalue weighted by Crippen LogP contribution is -2.17. The van der Waals surface area contributed by atoms with Gasteiger partial charge < -0.3 is 5.32 Å². The molecule has 3 aromatic heterocycles. The van der Waals surface area contributed by atoms with Crippen LogP contribution in [0.5, 0.6) is 0 Å². The molecule has 4 aromatic rings. The number of pyridine rings is 1. The molecule has 1 amide bonds. The highest BCUT2D eigenvalue weighted by molar-refractivity contribution is 6.05. The van der Waals surface area contributed by atoms with E-state index in [2.05, 4.69) is 25.4 Å². The van der Waals surface area contributed by atoms with Crippen LogP contribution >= 0.6 is 0 Å². The van der Waals surface area contributed by atoms with E-state index in [1.807, 2.05) is 55.8 Å². The number of carbonyl (C=O) groups excluding carboxylic acids is 1. The van der Waals surface area contributed by atoms with E-state index in [1.54, 1.807) is 30.9 Å². The zero-order valence-corrected chi connectivity index (χ0v) is 16.6. The Hall–Kier alpha value is -3.61. The maximum atomic E-state index is 12.6. The summed E-state index contributed by atoms with van der Waals surface area (Å²) < 4.78 is 1.82. The first-order chi connectivity index (χ1) is 13.9. The Morgan fingerprint density at radius 3 is 2.41 bits per heavy atom. The van der Waals surface area contributed by atoms with E-state index >= 15 is 0 Å². The predicted molar refractivity (Wildman–Crippen MR) is 112 cm³/mol. The van der Waals surface area contributed by atoms with Gasteiger partial charge in [-0.2, -0.15) is 5.10 Å². The van der Waals surface area contributed by atoms with Gasteiger partial charge in [0.15, 0.2) is 5.65 Å². The number of anilines is 1. The number of hydrogen-bond donors (Lipinski definition) is 1. The quantitative estimate of drug-likeness (QED) is 0.576. The Morgan fingerprint density at radius 1 is 1.00 bits per heavy atom. The highest BCUT2D eigenvalue weighted by Gasteiger charge is 2.17. The third-order valence-corrected chi connectivity index (χ3v) is 4.49. The lowest BCUT2D eigenvalue weighted by atomic mass is 9.96. The molecule has 0 saturated carbocycles. The number of benzene rings is 1. The molecule has 29 heavy (non-hydrogen) atoms. The van der Waals surface area contributed by atoms with Gasteiger partial charge in [0.25, 0.3) is 5.91 Å². The van der Waals surface area contributed by atoms with Crippen molar-refractivity contribution in [1.82, 2.24) is 24.7 Å². The number of carbonyl (C=O) groups is 1. The molecular formula is C22H22N6O. The summed E-state index contributed by atoms with van der Waals surface area (Å²) in [6.45, 7) is 6.75. The zero-order chi connectivity index (χ0) is 20.4. The number of nitrogens with zero attached hydrogens (tertiary/aromatic N) is 5. The van der Waals surface area contributed by atoms with Gasteiger partial charge in [0.1, 0.15) is 5.82 Å². The van der Waals surface area contributed by atoms with Crippen molar-refractivity contribution in [3.8, 4) is 0 Å². The summed E-state index contributed by atoms with van der Waals surface area (Å²) in [5.74, 6) is 0.465. The predicted octanol–water partition coefficient (Wildman–Crippen LogP) is 3.82. The van der Waals surface area contributed by atoms with Crippen molar-refractivity contribution < 1.29 is 4.79 Å². The third kappa shape index (κ3) is 4.13. The second-order valence-corrected chi connectivity index (χ2v) is 7.92. The van der Waals surface area contributed by atoms with Crippen molar-refractivity contribution >= 4 is 22.6 Å². The second-order valence-electron chi connectivity index (χ2n) is 7.92. The average Bonchev–Trinajstić information content (AvgIpc) is 3.10. The Balaban J connectivity index is 1.51. The first kappa shape index (κ1) is 18.7. The summed E-state index contributed by atoms with van der Waals surface area (Å²) in [5.41, 5.74) is 2.74. The average molecular weight is 386 g/mol. The zero-order valence-electron chi connectivity index (χ0n) is 16.6. The highest BCUT2D eigenvalue weighted by Crippen LogP contribution is 2.19. The van der Waals surface area contributed by atoms with Gasteiger partial charge in [-0.05, 0) is 11.6 Å². The molecule has 1 aromatic carbocycles. The number of nitrogens with one attached hydrogen (secondary N) is 1. The molecule has 146 valence electrons. The summed E-state index contributed by atoms with van der Waals surface area (Å²) in [6, 6.07) is 11.8. The summed E-state index contributed by atoms with van der Waals surface area (Å²) >= 11 is 0. The number of aromatic nitrogens is 5. The smallest absolute Gasteiger partial charge is 0.257 e. The summed E-state index contributed by atoms with van der Waals surface area (Å²) in [6.07, 6.45) is 6.53. The van der Waals surface area contributed by atoms with Crippen LogP contribution in [-0.2, 0) is 12.0 Å². The van der Waals surface area contributed by atoms with E-state index in [-0.39, 0.29) is 11.3 Å². The molecule has 4 rings (SSSR count). The van der Waals surface area contributed by atoms with Crippen molar-refractivity contribution in [2.75, 3.05) is 5.32 Å². The van der Waals surface area contributed by atoms with E-state index in [0.717, 1.165) is 22.4 Å². The van der Waals surface area contributed by atoms with Gasteiger partial charge in [0, 0.05) is 17.0 Å². The molecule has 0 aliphatic heterocycles. The van der Waals surface area contributed by atoms with Crippen LogP contribution in [0.15, 0.2) is 61.2 Å². The maximum absolute atomic E-state index is 12.6. The minimum atomic E-state index is -0.262. The van der Waals surface area contributed by atoms with Gasteiger partial charge in [-0.25, -0.2) is 19.6 Å². The highest BCUT2D eigenvalue weighted by atomic mass is 16.1. The van der Waals surface area contributed by atoms with Crippen molar-refractivity contribution in [2.45, 2.75) is 32.7 Å². The topological polar surface area (TPSA) is 85.6 Å². The fraction of sp³-hybridized carbons (Fsp3) is 0.227. The van der Waals surface area contributed by atoms with Crippen LogP contribution in [0.2, 0.25) is 0 Å². The molecule has 1 N–H and O–H groups in total. The van der Waals surface area contributed by atoms with Crippen LogP contribution in [0.4, 0.5) is 5.69 Å². The van der Waals surface area contributed by atoms with Gasteiger partial charge in [-0.3, -0.25) is 4.79 Å². The monoisotopic (exact) mass is 386 g/mol. The maximum Gasteiger partial charge on any atom is 0.257 e. The number of rotatable bonds is 4. The molecule has 0 radical (unpaired) electrons. The molecule has 7 nitrogen and oxygen atoms in total. The van der Waals surface area contributed by atoms with Crippen LogP contribution in [0, 0.1) is 0 Å². The Morgan fingerprint density at radius 2 is 1.72 bits per heavy atom. The molecule has 0 aliphatic carbocycles. The fourth-order valence-electron chi connectivity index (χ4n) is 2.95. The minimum Gasteiger partial charge on any atom is -0.319 e. The molecule has 3 heterocycles. The van der Waals surface area contributed by atoms with Gasteiger partial charge >= 0.3 is 0 Å². The van der Waals surface area contributed by atoms with Gasteiger partial charge in [-0.1, -0.05) is 51.1 Å². The second kappa shape index (κ2) is 7.43. The van der Waals surface area contributed by atoms with E-state index in [0.29, 0.717) is 17.8 Å². The normalized spacial score (nSPS) is 11.6. The number of amides is 1. The van der Waals surface area contributed by atoms with Crippen molar-refractivity contribution in [2.24, 2.45) is 0 Å². The van der Waals surface area contributed by atoms with Gasteiger partial charge in [-0.15, -0.1) is 0 Å². The Labute approximate surface area is 168 Å². The molecule has 0 spiro atoms. The first-order valence-corrected chi connectivity index (χ1v) is 9.39. The molecule has 0 unspecified atom stereocenters. The van der Waals surface area contributed by atoms with Crippen LogP contribution in [0.3, 0.4) is 0 Å². The van der Waals surface area contributed by atoms with Gasteiger partial charge in [0.2, 0.25) is 0 Å². The number of hydrogen-bond acceptors (Lipinski definition) is 5. The molecule has 0 atom stereocenters. The summed E-state index contributed by atoms with van der Waals surface area (Å²) in [4.78, 5) is 25.7. The number of fused-ring (bicyclic) bond motifs is 1. The molecule has 7 heteroatoms. The summed E-state index contributed by atoms with van der Waals surface area (Å²) in [5, 5.41) is 8.04. The molecule has 0 fully saturated rings. The Bertz CT molecular complexity index is 1140. The minimum absolute atomic E-state index is 0.141. The van der Waals surface area contributed by atoms with Crippen molar-refractivity contribution in [3.05, 3.63) is 78.1 Å². The molecule has 0 bridgehead atoms. The molecular weight excluding hydrogens is 364 g/mol. The third-order valence-electron chi connectivity index (χ3n) is 4.49. The molecule has 0 saturated heterocycles. The Kier molecular flexibility index (Phi) is 4.80. The van der Waals surface area contributed by atoms with Crippen LogP contribution in [-0.4, -0.2) is 30.6 Å². The van der Waals surface area contributed by atoms with Crippen LogP contribution in [0.1, 0.15) is 42.5 Å². The van der Waals surface area contributed by atoms with Gasteiger partial charge in [0.05, 0.1) is 36.4 Å². The van der Waals surface area contributed by atoms with Crippen molar-refractivity contribution in [3.63, 3.8) is 0 Å². The lowest BCUT2D eigenvalue weighted by molar-refractivity contribution is 0.102. The first-order valence-electron chi connectivity index (χ1n) is 9.39. The van der Waals surface area contributed by atoms with E-state index < -0.39 is 0 Å². The van der Waals surface area contributed by atoms with Crippen molar-refractivity contribution in [1.29, 1.82) is 0 Å². The SMILES string of the molecule is CC(C)(C)c1ncc(NC(=O)c2cnc3c(cnn3Cc3ccccc3)c2)cn1. The van der Waals surface area contributed by atoms with Crippen LogP contribution in [0.25, 0.3) is 11.0 Å². The lowest BCUT2D eigenvalue weighted by Gasteiger charge is -2.16. The van der Waals surface area contributed by atoms with Crippen LogP contribution < -0.4 is 5.32 Å². The molecule has 0 aliphatic rings. The van der Waals surface area contributed by atoms with E-state index in [1.165, 1.54) is 0 Å². The summed E-state index contributed by atoms with van der Waals surface area (Å²) in [7, 11) is 0. The largest absolute Gasteiger partial charge is 0.319 e. The van der Waals surface area contributed by atoms with E-state index in [4.69, 9.17) is 0 Å².